The van der Waals surface area contributed by atoms with Gasteiger partial charge >= 0.3 is 0 Å². The molecule has 7 heteroatoms. The molecule has 0 aliphatic rings. The van der Waals surface area contributed by atoms with Crippen LogP contribution in [0.2, 0.25) is 0 Å². The molecule has 2 rings (SSSR count). The molecule has 0 aliphatic carbocycles. The Hall–Kier alpha value is -2.54. The number of benzene rings is 1. The summed E-state index contributed by atoms with van der Waals surface area (Å²) in [5.74, 6) is -0.173. The van der Waals surface area contributed by atoms with Crippen molar-refractivity contribution in [2.24, 2.45) is 0 Å². The highest BCUT2D eigenvalue weighted by molar-refractivity contribution is 5.75. The quantitative estimate of drug-likeness (QED) is 0.667. The molecule has 0 saturated carbocycles. The van der Waals surface area contributed by atoms with Gasteiger partial charge in [0.25, 0.3) is 0 Å². The van der Waals surface area contributed by atoms with E-state index in [1.54, 1.807) is 17.1 Å². The maximum Gasteiger partial charge on any atom is 0.241 e. The summed E-state index contributed by atoms with van der Waals surface area (Å²) in [5.41, 5.74) is 3.19. The Bertz CT molecular complexity index is 622. The Labute approximate surface area is 135 Å². The molecular formula is C16H23N5O2. The molecule has 23 heavy (non-hydrogen) atoms. The summed E-state index contributed by atoms with van der Waals surface area (Å²) in [4.78, 5) is 13.6. The third-order valence-corrected chi connectivity index (χ3v) is 3.32. The predicted molar refractivity (Wildman–Crippen MR) is 90.4 cm³/mol. The van der Waals surface area contributed by atoms with E-state index < -0.39 is 0 Å². The van der Waals surface area contributed by atoms with Crippen molar-refractivity contribution in [3.05, 3.63) is 42.2 Å². The first kappa shape index (κ1) is 16.8. The van der Waals surface area contributed by atoms with Gasteiger partial charge < -0.3 is 20.6 Å². The van der Waals surface area contributed by atoms with Crippen LogP contribution in [0.15, 0.2) is 36.7 Å². The fraction of sp³-hybridized carbons (Fsp3) is 0.375. The predicted octanol–water partition coefficient (Wildman–Crippen LogP) is 0.670. The fourth-order valence-electron chi connectivity index (χ4n) is 2.06. The van der Waals surface area contributed by atoms with Crippen molar-refractivity contribution in [3.8, 4) is 0 Å². The Balaban J connectivity index is 1.83. The summed E-state index contributed by atoms with van der Waals surface area (Å²) >= 11 is 0. The van der Waals surface area contributed by atoms with E-state index in [2.05, 4.69) is 44.9 Å². The Morgan fingerprint density at radius 2 is 2.04 bits per heavy atom. The van der Waals surface area contributed by atoms with Crippen LogP contribution >= 0.6 is 0 Å². The SMILES string of the molecule is CN(C)c1ccc(CNc2cnn(CC(=O)NCCO)c2)cc1. The highest BCUT2D eigenvalue weighted by atomic mass is 16.3. The summed E-state index contributed by atoms with van der Waals surface area (Å²) < 4.78 is 1.56. The molecule has 1 heterocycles. The highest BCUT2D eigenvalue weighted by Crippen LogP contribution is 2.13. The van der Waals surface area contributed by atoms with E-state index in [1.807, 2.05) is 14.1 Å². The summed E-state index contributed by atoms with van der Waals surface area (Å²) in [6, 6.07) is 8.31. The minimum Gasteiger partial charge on any atom is -0.395 e. The average Bonchev–Trinajstić information content (AvgIpc) is 2.98. The number of aliphatic hydroxyl groups is 1. The fourth-order valence-corrected chi connectivity index (χ4v) is 2.06. The molecule has 1 aromatic carbocycles. The normalized spacial score (nSPS) is 10.4. The molecule has 7 nitrogen and oxygen atoms in total. The third kappa shape index (κ3) is 5.30. The average molecular weight is 317 g/mol. The van der Waals surface area contributed by atoms with Gasteiger partial charge in [0.1, 0.15) is 6.54 Å². The zero-order valence-corrected chi connectivity index (χ0v) is 13.5. The number of hydrogen-bond acceptors (Lipinski definition) is 5. The van der Waals surface area contributed by atoms with Crippen LogP contribution < -0.4 is 15.5 Å². The minimum absolute atomic E-state index is 0.0652. The number of aliphatic hydroxyl groups excluding tert-OH is 1. The largest absolute Gasteiger partial charge is 0.395 e. The zero-order valence-electron chi connectivity index (χ0n) is 13.5. The first-order valence-electron chi connectivity index (χ1n) is 7.48. The summed E-state index contributed by atoms with van der Waals surface area (Å²) in [7, 11) is 4.02. The van der Waals surface area contributed by atoms with E-state index in [0.717, 1.165) is 11.4 Å². The van der Waals surface area contributed by atoms with Gasteiger partial charge in [-0.3, -0.25) is 9.48 Å². The monoisotopic (exact) mass is 317 g/mol. The summed E-state index contributed by atoms with van der Waals surface area (Å²) in [6.45, 7) is 1.02. The van der Waals surface area contributed by atoms with Crippen LogP contribution in [0, 0.1) is 0 Å². The molecule has 2 aromatic rings. The first-order chi connectivity index (χ1) is 11.1. The van der Waals surface area contributed by atoms with Gasteiger partial charge in [0.15, 0.2) is 0 Å². The van der Waals surface area contributed by atoms with Gasteiger partial charge in [-0.2, -0.15) is 5.10 Å². The van der Waals surface area contributed by atoms with E-state index in [1.165, 1.54) is 5.56 Å². The van der Waals surface area contributed by atoms with Crippen molar-refractivity contribution in [2.45, 2.75) is 13.1 Å². The van der Waals surface area contributed by atoms with E-state index in [0.29, 0.717) is 6.54 Å². The second-order valence-corrected chi connectivity index (χ2v) is 5.41. The number of amides is 1. The Kier molecular flexibility index (Phi) is 5.99. The van der Waals surface area contributed by atoms with Crippen molar-refractivity contribution in [1.29, 1.82) is 0 Å². The van der Waals surface area contributed by atoms with Crippen LogP contribution in [-0.4, -0.2) is 48.0 Å². The van der Waals surface area contributed by atoms with Crippen molar-refractivity contribution in [1.82, 2.24) is 15.1 Å². The second kappa shape index (κ2) is 8.19. The number of carbonyl (C=O) groups excluding carboxylic acids is 1. The molecule has 0 aliphatic heterocycles. The molecule has 1 aromatic heterocycles. The van der Waals surface area contributed by atoms with Crippen molar-refractivity contribution in [3.63, 3.8) is 0 Å². The van der Waals surface area contributed by atoms with E-state index in [4.69, 9.17) is 5.11 Å². The molecular weight excluding hydrogens is 294 g/mol. The molecule has 0 saturated heterocycles. The maximum absolute atomic E-state index is 11.5. The number of nitrogens with one attached hydrogen (secondary N) is 2. The van der Waals surface area contributed by atoms with Crippen LogP contribution in [0.1, 0.15) is 5.56 Å². The number of aromatic nitrogens is 2. The van der Waals surface area contributed by atoms with Gasteiger partial charge in [0, 0.05) is 39.1 Å². The Morgan fingerprint density at radius 1 is 1.30 bits per heavy atom. The molecule has 1 amide bonds. The number of anilines is 2. The van der Waals surface area contributed by atoms with Gasteiger partial charge in [0.2, 0.25) is 5.91 Å². The number of nitrogens with zero attached hydrogens (tertiary/aromatic N) is 3. The highest BCUT2D eigenvalue weighted by Gasteiger charge is 2.04. The number of rotatable bonds is 8. The lowest BCUT2D eigenvalue weighted by Gasteiger charge is -2.12. The summed E-state index contributed by atoms with van der Waals surface area (Å²) in [5, 5.41) is 18.7. The molecule has 0 radical (unpaired) electrons. The Morgan fingerprint density at radius 3 is 2.70 bits per heavy atom. The van der Waals surface area contributed by atoms with Gasteiger partial charge in [-0.1, -0.05) is 12.1 Å². The topological polar surface area (TPSA) is 82.4 Å². The van der Waals surface area contributed by atoms with Crippen molar-refractivity contribution in [2.75, 3.05) is 37.5 Å². The molecule has 124 valence electrons. The number of hydrogen-bond donors (Lipinski definition) is 3. The van der Waals surface area contributed by atoms with Gasteiger partial charge in [-0.15, -0.1) is 0 Å². The minimum atomic E-state index is -0.173. The van der Waals surface area contributed by atoms with Crippen LogP contribution in [0.3, 0.4) is 0 Å². The lowest BCUT2D eigenvalue weighted by molar-refractivity contribution is -0.122. The van der Waals surface area contributed by atoms with Crippen LogP contribution in [-0.2, 0) is 17.9 Å². The van der Waals surface area contributed by atoms with Crippen LogP contribution in [0.25, 0.3) is 0 Å². The zero-order chi connectivity index (χ0) is 16.7. The van der Waals surface area contributed by atoms with Gasteiger partial charge in [-0.05, 0) is 17.7 Å². The molecule has 0 spiro atoms. The molecule has 0 unspecified atom stereocenters. The van der Waals surface area contributed by atoms with E-state index in [9.17, 15) is 4.79 Å². The lowest BCUT2D eigenvalue weighted by atomic mass is 10.2. The molecule has 0 fully saturated rings. The van der Waals surface area contributed by atoms with Crippen LogP contribution in [0.4, 0.5) is 11.4 Å². The van der Waals surface area contributed by atoms with Crippen molar-refractivity contribution < 1.29 is 9.90 Å². The van der Waals surface area contributed by atoms with Gasteiger partial charge in [-0.25, -0.2) is 0 Å². The smallest absolute Gasteiger partial charge is 0.241 e. The van der Waals surface area contributed by atoms with E-state index in [-0.39, 0.29) is 25.6 Å². The van der Waals surface area contributed by atoms with Gasteiger partial charge in [0.05, 0.1) is 18.5 Å². The standard InChI is InChI=1S/C16H23N5O2/c1-20(2)15-5-3-13(4-6-15)9-18-14-10-19-21(11-14)12-16(23)17-7-8-22/h3-6,10-11,18,22H,7-9,12H2,1-2H3,(H,17,23). The third-order valence-electron chi connectivity index (χ3n) is 3.32. The molecule has 0 bridgehead atoms. The lowest BCUT2D eigenvalue weighted by Crippen LogP contribution is -2.30. The molecule has 3 N–H and O–H groups in total. The second-order valence-electron chi connectivity index (χ2n) is 5.41. The van der Waals surface area contributed by atoms with Crippen LogP contribution in [0.5, 0.6) is 0 Å². The number of carbonyl (C=O) groups is 1. The summed E-state index contributed by atoms with van der Waals surface area (Å²) in [6.07, 6.45) is 3.47. The maximum atomic E-state index is 11.5. The van der Waals surface area contributed by atoms with Crippen molar-refractivity contribution >= 4 is 17.3 Å². The molecule has 0 atom stereocenters. The van der Waals surface area contributed by atoms with E-state index >= 15 is 0 Å². The first-order valence-corrected chi connectivity index (χ1v) is 7.48.